The molecule has 2 nitrogen and oxygen atoms in total. The summed E-state index contributed by atoms with van der Waals surface area (Å²) in [5.41, 5.74) is 6.86. The molecule has 1 aromatic heterocycles. The maximum atomic E-state index is 5.56. The molecule has 72 valence electrons. The SMILES string of the molecule is Nc1ncc(Cc2ccc(I)cc2)s1. The molecule has 0 atom stereocenters. The molecular formula is C10H9IN2S. The Morgan fingerprint density at radius 1 is 1.29 bits per heavy atom. The molecule has 14 heavy (non-hydrogen) atoms. The van der Waals surface area contributed by atoms with Crippen molar-refractivity contribution < 1.29 is 0 Å². The topological polar surface area (TPSA) is 38.9 Å². The number of nitrogens with zero attached hydrogens (tertiary/aromatic N) is 1. The van der Waals surface area contributed by atoms with E-state index in [2.05, 4.69) is 51.8 Å². The molecule has 0 spiro atoms. The molecule has 2 N–H and O–H groups in total. The number of thiazole rings is 1. The average Bonchev–Trinajstić information content (AvgIpc) is 2.56. The minimum atomic E-state index is 0.644. The van der Waals surface area contributed by atoms with E-state index in [0.29, 0.717) is 5.13 Å². The Morgan fingerprint density at radius 2 is 2.00 bits per heavy atom. The fourth-order valence-corrected chi connectivity index (χ4v) is 2.29. The molecule has 0 radical (unpaired) electrons. The summed E-state index contributed by atoms with van der Waals surface area (Å²) in [5.74, 6) is 0. The summed E-state index contributed by atoms with van der Waals surface area (Å²) in [4.78, 5) is 5.24. The van der Waals surface area contributed by atoms with Crippen LogP contribution in [-0.2, 0) is 6.42 Å². The van der Waals surface area contributed by atoms with E-state index in [1.165, 1.54) is 14.0 Å². The van der Waals surface area contributed by atoms with Gasteiger partial charge >= 0.3 is 0 Å². The van der Waals surface area contributed by atoms with Crippen molar-refractivity contribution in [1.29, 1.82) is 0 Å². The van der Waals surface area contributed by atoms with Gasteiger partial charge in [0.05, 0.1) is 0 Å². The number of anilines is 1. The van der Waals surface area contributed by atoms with Crippen molar-refractivity contribution in [1.82, 2.24) is 4.98 Å². The van der Waals surface area contributed by atoms with Crippen LogP contribution in [0.3, 0.4) is 0 Å². The lowest BCUT2D eigenvalue weighted by Crippen LogP contribution is -1.83. The van der Waals surface area contributed by atoms with Crippen molar-refractivity contribution in [3.05, 3.63) is 44.5 Å². The molecule has 4 heteroatoms. The normalized spacial score (nSPS) is 10.4. The predicted molar refractivity (Wildman–Crippen MR) is 68.5 cm³/mol. The van der Waals surface area contributed by atoms with Crippen LogP contribution in [0.2, 0.25) is 0 Å². The quantitative estimate of drug-likeness (QED) is 0.865. The molecule has 0 aliphatic heterocycles. The van der Waals surface area contributed by atoms with Gasteiger partial charge in [-0.3, -0.25) is 0 Å². The monoisotopic (exact) mass is 316 g/mol. The number of nitrogens with two attached hydrogens (primary N) is 1. The Labute approximate surface area is 100 Å². The molecule has 1 aromatic carbocycles. The van der Waals surface area contributed by atoms with Crippen molar-refractivity contribution >= 4 is 39.1 Å². The smallest absolute Gasteiger partial charge is 0.180 e. The summed E-state index contributed by atoms with van der Waals surface area (Å²) in [6, 6.07) is 8.50. The third kappa shape index (κ3) is 2.45. The molecule has 0 saturated heterocycles. The zero-order valence-electron chi connectivity index (χ0n) is 7.40. The molecule has 0 aliphatic rings. The molecule has 0 fully saturated rings. The Hall–Kier alpha value is -0.620. The predicted octanol–water partition coefficient (Wildman–Crippen LogP) is 2.92. The van der Waals surface area contributed by atoms with Gasteiger partial charge < -0.3 is 5.73 Å². The van der Waals surface area contributed by atoms with E-state index in [1.54, 1.807) is 11.3 Å². The van der Waals surface area contributed by atoms with E-state index < -0.39 is 0 Å². The first-order chi connectivity index (χ1) is 6.74. The number of hydrogen-bond donors (Lipinski definition) is 1. The minimum absolute atomic E-state index is 0.644. The van der Waals surface area contributed by atoms with Gasteiger partial charge in [0.15, 0.2) is 5.13 Å². The summed E-state index contributed by atoms with van der Waals surface area (Å²) in [6.07, 6.45) is 2.77. The lowest BCUT2D eigenvalue weighted by atomic mass is 10.1. The van der Waals surface area contributed by atoms with Crippen LogP contribution in [-0.4, -0.2) is 4.98 Å². The van der Waals surface area contributed by atoms with E-state index in [4.69, 9.17) is 5.73 Å². The van der Waals surface area contributed by atoms with Crippen molar-refractivity contribution in [3.63, 3.8) is 0 Å². The molecule has 0 amide bonds. The van der Waals surface area contributed by atoms with Crippen molar-refractivity contribution in [2.24, 2.45) is 0 Å². The molecule has 0 aliphatic carbocycles. The van der Waals surface area contributed by atoms with Crippen molar-refractivity contribution in [2.45, 2.75) is 6.42 Å². The molecule has 0 saturated carbocycles. The van der Waals surface area contributed by atoms with Gasteiger partial charge in [0.2, 0.25) is 0 Å². The van der Waals surface area contributed by atoms with E-state index in [1.807, 2.05) is 6.20 Å². The highest BCUT2D eigenvalue weighted by Crippen LogP contribution is 2.18. The standard InChI is InChI=1S/C10H9IN2S/c11-8-3-1-7(2-4-8)5-9-6-13-10(12)14-9/h1-4,6H,5H2,(H2,12,13). The van der Waals surface area contributed by atoms with Gasteiger partial charge in [0.25, 0.3) is 0 Å². The van der Waals surface area contributed by atoms with Gasteiger partial charge in [0, 0.05) is 21.1 Å². The van der Waals surface area contributed by atoms with Crippen molar-refractivity contribution in [3.8, 4) is 0 Å². The van der Waals surface area contributed by atoms with Gasteiger partial charge in [-0.15, -0.1) is 11.3 Å². The summed E-state index contributed by atoms with van der Waals surface area (Å²) in [5, 5.41) is 0.644. The lowest BCUT2D eigenvalue weighted by molar-refractivity contribution is 1.22. The zero-order valence-corrected chi connectivity index (χ0v) is 10.4. The number of rotatable bonds is 2. The average molecular weight is 316 g/mol. The highest BCUT2D eigenvalue weighted by Gasteiger charge is 2.00. The van der Waals surface area contributed by atoms with Crippen LogP contribution in [0.5, 0.6) is 0 Å². The largest absolute Gasteiger partial charge is 0.375 e. The third-order valence-electron chi connectivity index (χ3n) is 1.86. The first kappa shape index (κ1) is 9.92. The summed E-state index contributed by atoms with van der Waals surface area (Å²) >= 11 is 3.85. The van der Waals surface area contributed by atoms with E-state index >= 15 is 0 Å². The van der Waals surface area contributed by atoms with Crippen LogP contribution in [0.4, 0.5) is 5.13 Å². The van der Waals surface area contributed by atoms with Gasteiger partial charge in [-0.2, -0.15) is 0 Å². The second-order valence-electron chi connectivity index (χ2n) is 2.97. The van der Waals surface area contributed by atoms with E-state index in [0.717, 1.165) is 6.42 Å². The number of halogens is 1. The number of nitrogen functional groups attached to an aromatic ring is 1. The Kier molecular flexibility index (Phi) is 3.02. The number of benzene rings is 1. The van der Waals surface area contributed by atoms with Crippen LogP contribution < -0.4 is 5.73 Å². The zero-order chi connectivity index (χ0) is 9.97. The highest BCUT2D eigenvalue weighted by atomic mass is 127. The maximum absolute atomic E-state index is 5.56. The second kappa shape index (κ2) is 4.27. The Morgan fingerprint density at radius 3 is 2.57 bits per heavy atom. The second-order valence-corrected chi connectivity index (χ2v) is 5.36. The van der Waals surface area contributed by atoms with Crippen molar-refractivity contribution in [2.75, 3.05) is 5.73 Å². The Bertz CT molecular complexity index is 422. The Balaban J connectivity index is 2.15. The van der Waals surface area contributed by atoms with Gasteiger partial charge in [-0.25, -0.2) is 4.98 Å². The van der Waals surface area contributed by atoms with Gasteiger partial charge in [-0.1, -0.05) is 12.1 Å². The van der Waals surface area contributed by atoms with E-state index in [9.17, 15) is 0 Å². The van der Waals surface area contributed by atoms with E-state index in [-0.39, 0.29) is 0 Å². The first-order valence-electron chi connectivity index (χ1n) is 4.18. The molecular weight excluding hydrogens is 307 g/mol. The molecule has 2 rings (SSSR count). The van der Waals surface area contributed by atoms with Crippen LogP contribution >= 0.6 is 33.9 Å². The summed E-state index contributed by atoms with van der Waals surface area (Å²) < 4.78 is 1.26. The molecule has 0 bridgehead atoms. The number of aromatic nitrogens is 1. The molecule has 1 heterocycles. The van der Waals surface area contributed by atoms with Crippen LogP contribution in [0.25, 0.3) is 0 Å². The maximum Gasteiger partial charge on any atom is 0.180 e. The third-order valence-corrected chi connectivity index (χ3v) is 3.41. The van der Waals surface area contributed by atoms with Crippen LogP contribution in [0.1, 0.15) is 10.4 Å². The highest BCUT2D eigenvalue weighted by molar-refractivity contribution is 14.1. The van der Waals surface area contributed by atoms with Gasteiger partial charge in [0.1, 0.15) is 0 Å². The van der Waals surface area contributed by atoms with Gasteiger partial charge in [-0.05, 0) is 40.3 Å². The fraction of sp³-hybridized carbons (Fsp3) is 0.100. The number of hydrogen-bond acceptors (Lipinski definition) is 3. The first-order valence-corrected chi connectivity index (χ1v) is 6.08. The summed E-state index contributed by atoms with van der Waals surface area (Å²) in [7, 11) is 0. The molecule has 2 aromatic rings. The van der Waals surface area contributed by atoms with Crippen LogP contribution in [0, 0.1) is 3.57 Å². The summed E-state index contributed by atoms with van der Waals surface area (Å²) in [6.45, 7) is 0. The van der Waals surface area contributed by atoms with Crippen LogP contribution in [0.15, 0.2) is 30.5 Å². The lowest BCUT2D eigenvalue weighted by Gasteiger charge is -1.97. The fourth-order valence-electron chi connectivity index (χ4n) is 1.21. The molecule has 0 unspecified atom stereocenters. The minimum Gasteiger partial charge on any atom is -0.375 e.